The van der Waals surface area contributed by atoms with Crippen molar-refractivity contribution in [2.45, 2.75) is 105 Å². The number of hydrogen-bond acceptors (Lipinski definition) is 5. The predicted octanol–water partition coefficient (Wildman–Crippen LogP) is 5.05. The van der Waals surface area contributed by atoms with Gasteiger partial charge in [-0.15, -0.1) is 0 Å². The Morgan fingerprint density at radius 2 is 1.80 bits per heavy atom. The van der Waals surface area contributed by atoms with Crippen LogP contribution in [0.25, 0.3) is 0 Å². The highest BCUT2D eigenvalue weighted by Crippen LogP contribution is 2.68. The van der Waals surface area contributed by atoms with E-state index in [4.69, 9.17) is 10.5 Å². The molecule has 0 radical (unpaired) electrons. The minimum atomic E-state index is -0.623. The molecule has 10 unspecified atom stereocenters. The molecule has 35 heavy (non-hydrogen) atoms. The van der Waals surface area contributed by atoms with Gasteiger partial charge in [0, 0.05) is 25.3 Å². The molecule has 0 aliphatic heterocycles. The van der Waals surface area contributed by atoms with E-state index in [2.05, 4.69) is 27.7 Å². The molecule has 0 spiro atoms. The number of fused-ring (bicyclic) bond motifs is 7. The third-order valence-corrected chi connectivity index (χ3v) is 11.7. The Hall–Kier alpha value is -1.20. The van der Waals surface area contributed by atoms with Gasteiger partial charge in [0.2, 0.25) is 0 Å². The summed E-state index contributed by atoms with van der Waals surface area (Å²) in [5, 5.41) is 11.1. The van der Waals surface area contributed by atoms with Gasteiger partial charge in [-0.25, -0.2) is 0 Å². The maximum Gasteiger partial charge on any atom is 0.302 e. The van der Waals surface area contributed by atoms with Crippen molar-refractivity contribution in [3.63, 3.8) is 0 Å². The molecule has 5 nitrogen and oxygen atoms in total. The Morgan fingerprint density at radius 1 is 1.09 bits per heavy atom. The Kier molecular flexibility index (Phi) is 6.52. The van der Waals surface area contributed by atoms with Crippen molar-refractivity contribution >= 4 is 11.8 Å². The zero-order valence-corrected chi connectivity index (χ0v) is 22.5. The van der Waals surface area contributed by atoms with E-state index in [1.54, 1.807) is 0 Å². The zero-order chi connectivity index (χ0) is 25.3. The van der Waals surface area contributed by atoms with Crippen LogP contribution in [0.15, 0.2) is 11.1 Å². The largest absolute Gasteiger partial charge is 0.462 e. The van der Waals surface area contributed by atoms with Crippen molar-refractivity contribution in [3.8, 4) is 0 Å². The smallest absolute Gasteiger partial charge is 0.302 e. The van der Waals surface area contributed by atoms with Gasteiger partial charge in [-0.2, -0.15) is 0 Å². The molecule has 0 aromatic heterocycles. The minimum Gasteiger partial charge on any atom is -0.462 e. The molecule has 0 aromatic rings. The second kappa shape index (κ2) is 8.97. The first kappa shape index (κ1) is 25.4. The lowest BCUT2D eigenvalue weighted by Gasteiger charge is -2.63. The zero-order valence-electron chi connectivity index (χ0n) is 22.5. The van der Waals surface area contributed by atoms with Gasteiger partial charge in [0.25, 0.3) is 0 Å². The van der Waals surface area contributed by atoms with E-state index in [1.165, 1.54) is 31.8 Å². The number of ether oxygens (including phenoxy) is 1. The summed E-state index contributed by atoms with van der Waals surface area (Å²) in [4.78, 5) is 25.0. The standard InChI is InChI=1S/C30H47NO4/c1-16(2)27-24(33)14-30(26(34)15-31)13-10-19-20-6-8-22-17(3)25(35-18(4)32)11-12-29(22,5)23(20)9-7-21(19)28(27)30/h16-17,19-23,25-26,34H,6-15,31H2,1-5H3. The first-order chi connectivity index (χ1) is 16.5. The summed E-state index contributed by atoms with van der Waals surface area (Å²) in [5.74, 6) is 3.77. The van der Waals surface area contributed by atoms with Crippen molar-refractivity contribution in [2.24, 2.45) is 58.0 Å². The Balaban J connectivity index is 1.46. The number of allylic oxidation sites excluding steroid dienone is 1. The number of rotatable bonds is 4. The molecule has 196 valence electrons. The van der Waals surface area contributed by atoms with Crippen LogP contribution in [-0.2, 0) is 14.3 Å². The van der Waals surface area contributed by atoms with Crippen LogP contribution in [0.2, 0.25) is 0 Å². The predicted molar refractivity (Wildman–Crippen MR) is 136 cm³/mol. The number of hydrogen-bond donors (Lipinski definition) is 2. The second-order valence-electron chi connectivity index (χ2n) is 13.4. The molecule has 4 saturated carbocycles. The minimum absolute atomic E-state index is 0.0646. The quantitative estimate of drug-likeness (QED) is 0.544. The van der Waals surface area contributed by atoms with Gasteiger partial charge in [-0.3, -0.25) is 9.59 Å². The lowest BCUT2D eigenvalue weighted by atomic mass is 9.42. The summed E-state index contributed by atoms with van der Waals surface area (Å²) in [5.41, 5.74) is 8.26. The first-order valence-electron chi connectivity index (χ1n) is 14.4. The van der Waals surface area contributed by atoms with Crippen LogP contribution in [0.4, 0.5) is 0 Å². The molecule has 5 rings (SSSR count). The fourth-order valence-electron chi connectivity index (χ4n) is 10.4. The van der Waals surface area contributed by atoms with Gasteiger partial charge in [-0.1, -0.05) is 33.3 Å². The van der Waals surface area contributed by atoms with E-state index in [9.17, 15) is 14.7 Å². The van der Waals surface area contributed by atoms with Crippen molar-refractivity contribution in [2.75, 3.05) is 6.54 Å². The summed E-state index contributed by atoms with van der Waals surface area (Å²) >= 11 is 0. The van der Waals surface area contributed by atoms with Gasteiger partial charge in [0.1, 0.15) is 6.10 Å². The first-order valence-corrected chi connectivity index (χ1v) is 14.4. The molecule has 10 atom stereocenters. The topological polar surface area (TPSA) is 89.6 Å². The second-order valence-corrected chi connectivity index (χ2v) is 13.4. The number of aliphatic hydroxyl groups excluding tert-OH is 1. The van der Waals surface area contributed by atoms with Crippen LogP contribution in [0.1, 0.15) is 92.4 Å². The van der Waals surface area contributed by atoms with Crippen LogP contribution in [0.3, 0.4) is 0 Å². The van der Waals surface area contributed by atoms with Crippen LogP contribution < -0.4 is 5.73 Å². The van der Waals surface area contributed by atoms with Crippen LogP contribution in [0.5, 0.6) is 0 Å². The molecular weight excluding hydrogens is 438 g/mol. The Bertz CT molecular complexity index is 910. The maximum atomic E-state index is 13.3. The molecule has 5 aliphatic rings. The number of carbonyl (C=O) groups is 2. The molecule has 5 heteroatoms. The summed E-state index contributed by atoms with van der Waals surface area (Å²) in [6.45, 7) is 10.9. The highest BCUT2D eigenvalue weighted by atomic mass is 16.5. The van der Waals surface area contributed by atoms with Crippen LogP contribution in [-0.4, -0.2) is 35.6 Å². The molecule has 0 bridgehead atoms. The molecule has 0 aromatic carbocycles. The van der Waals surface area contributed by atoms with Gasteiger partial charge in [0.15, 0.2) is 5.78 Å². The summed E-state index contributed by atoms with van der Waals surface area (Å²) < 4.78 is 5.74. The Labute approximate surface area is 211 Å². The fourth-order valence-corrected chi connectivity index (χ4v) is 10.4. The SMILES string of the molecule is CC(=O)OC1CCC2(C)C(CCC3C4CCC5(C(O)CN)CC(=O)C(C(C)C)=C5C4CCC32)C1C. The number of nitrogens with two attached hydrogens (primary N) is 1. The molecule has 5 aliphatic carbocycles. The van der Waals surface area contributed by atoms with E-state index in [-0.39, 0.29) is 30.3 Å². The number of aliphatic hydroxyl groups is 1. The van der Waals surface area contributed by atoms with Crippen molar-refractivity contribution in [1.29, 1.82) is 0 Å². The number of carbonyl (C=O) groups excluding carboxylic acids is 2. The van der Waals surface area contributed by atoms with Gasteiger partial charge < -0.3 is 15.6 Å². The van der Waals surface area contributed by atoms with Gasteiger partial charge >= 0.3 is 5.97 Å². The molecular formula is C30H47NO4. The highest BCUT2D eigenvalue weighted by molar-refractivity contribution is 6.00. The van der Waals surface area contributed by atoms with E-state index in [1.807, 2.05) is 0 Å². The average molecular weight is 486 g/mol. The number of esters is 1. The molecule has 0 heterocycles. The monoisotopic (exact) mass is 485 g/mol. The molecule has 0 amide bonds. The van der Waals surface area contributed by atoms with E-state index in [0.717, 1.165) is 37.7 Å². The number of ketones is 1. The fraction of sp³-hybridized carbons (Fsp3) is 0.867. The molecule has 4 fully saturated rings. The highest BCUT2D eigenvalue weighted by Gasteiger charge is 2.62. The summed E-state index contributed by atoms with van der Waals surface area (Å²) in [7, 11) is 0. The lowest BCUT2D eigenvalue weighted by Crippen LogP contribution is -2.57. The van der Waals surface area contributed by atoms with E-state index < -0.39 is 11.5 Å². The van der Waals surface area contributed by atoms with Crippen LogP contribution in [0, 0.1) is 52.3 Å². The van der Waals surface area contributed by atoms with Gasteiger partial charge in [0.05, 0.1) is 6.10 Å². The van der Waals surface area contributed by atoms with Crippen LogP contribution >= 0.6 is 0 Å². The van der Waals surface area contributed by atoms with Gasteiger partial charge in [-0.05, 0) is 104 Å². The third-order valence-electron chi connectivity index (χ3n) is 11.7. The van der Waals surface area contributed by atoms with E-state index >= 15 is 0 Å². The summed E-state index contributed by atoms with van der Waals surface area (Å²) in [6.07, 6.45) is 8.84. The van der Waals surface area contributed by atoms with E-state index in [0.29, 0.717) is 47.3 Å². The third kappa shape index (κ3) is 3.69. The van der Waals surface area contributed by atoms with Crippen molar-refractivity contribution < 1.29 is 19.4 Å². The van der Waals surface area contributed by atoms with Crippen molar-refractivity contribution in [3.05, 3.63) is 11.1 Å². The average Bonchev–Trinajstić information content (AvgIpc) is 3.13. The summed E-state index contributed by atoms with van der Waals surface area (Å²) in [6, 6.07) is 0. The normalized spacial score (nSPS) is 45.9. The molecule has 0 saturated heterocycles. The molecule has 3 N–H and O–H groups in total. The Morgan fingerprint density at radius 3 is 2.46 bits per heavy atom. The maximum absolute atomic E-state index is 13.3. The lowest BCUT2D eigenvalue weighted by molar-refractivity contribution is -0.170. The van der Waals surface area contributed by atoms with Crippen molar-refractivity contribution in [1.82, 2.24) is 0 Å². The number of Topliss-reactive ketones (excluding diaryl/α,β-unsaturated/α-hetero) is 1.